The largest absolute Gasteiger partial charge is 0.414 e. The van der Waals surface area contributed by atoms with E-state index in [0.717, 1.165) is 29.7 Å². The van der Waals surface area contributed by atoms with Crippen molar-refractivity contribution in [3.8, 4) is 0 Å². The molecule has 5 nitrogen and oxygen atoms in total. The van der Waals surface area contributed by atoms with Gasteiger partial charge >= 0.3 is 38.6 Å². The van der Waals surface area contributed by atoms with Crippen molar-refractivity contribution in [1.82, 2.24) is 0 Å². The first kappa shape index (κ1) is 20.3. The van der Waals surface area contributed by atoms with Crippen molar-refractivity contribution < 1.29 is 21.2 Å². The Morgan fingerprint density at radius 2 is 1.83 bits per heavy atom. The highest BCUT2D eigenvalue weighted by Crippen LogP contribution is 2.17. The van der Waals surface area contributed by atoms with Gasteiger partial charge < -0.3 is 21.2 Å². The van der Waals surface area contributed by atoms with Crippen LogP contribution in [-0.4, -0.2) is 56.7 Å². The Labute approximate surface area is 156 Å². The predicted octanol–water partition coefficient (Wildman–Crippen LogP) is 2.33. The summed E-state index contributed by atoms with van der Waals surface area (Å²) in [7, 11) is -2.06. The summed E-state index contributed by atoms with van der Waals surface area (Å²) in [5.41, 5.74) is 2.31. The topological polar surface area (TPSA) is 46.2 Å². The molecule has 0 saturated carbocycles. The first-order valence-electron chi connectivity index (χ1n) is 7.51. The van der Waals surface area contributed by atoms with Crippen LogP contribution in [0.3, 0.4) is 0 Å². The van der Waals surface area contributed by atoms with Gasteiger partial charge in [-0.2, -0.15) is 11.8 Å². The number of thioether (sulfide) groups is 1. The fourth-order valence-electron chi connectivity index (χ4n) is 1.81. The maximum atomic E-state index is 5.78. The zero-order valence-electron chi connectivity index (χ0n) is 13.6. The highest BCUT2D eigenvalue weighted by atomic mass is 32.2. The lowest BCUT2D eigenvalue weighted by atomic mass is 10.1. The van der Waals surface area contributed by atoms with Gasteiger partial charge in [0, 0.05) is 5.75 Å². The van der Waals surface area contributed by atoms with E-state index in [1.54, 1.807) is 0 Å². The van der Waals surface area contributed by atoms with E-state index in [4.69, 9.17) is 21.2 Å². The van der Waals surface area contributed by atoms with Crippen LogP contribution >= 0.6 is 11.8 Å². The van der Waals surface area contributed by atoms with Crippen LogP contribution in [0.2, 0.25) is 12.6 Å². The van der Waals surface area contributed by atoms with Crippen LogP contribution in [0.25, 0.3) is 6.08 Å². The van der Waals surface area contributed by atoms with Gasteiger partial charge in [0.05, 0.1) is 13.2 Å². The van der Waals surface area contributed by atoms with Gasteiger partial charge in [-0.05, 0) is 29.5 Å². The van der Waals surface area contributed by atoms with Crippen LogP contribution in [0, 0.1) is 0 Å². The Morgan fingerprint density at radius 1 is 1.12 bits per heavy atom. The van der Waals surface area contributed by atoms with Crippen molar-refractivity contribution in [3.63, 3.8) is 0 Å². The molecule has 0 bridgehead atoms. The fraction of sp³-hybridized carbons (Fsp3) is 0.429. The van der Waals surface area contributed by atoms with Gasteiger partial charge in [0.25, 0.3) is 0 Å². The van der Waals surface area contributed by atoms with Crippen LogP contribution in [0.1, 0.15) is 11.1 Å². The van der Waals surface area contributed by atoms with Crippen LogP contribution in [0.4, 0.5) is 0 Å². The van der Waals surface area contributed by atoms with E-state index in [0.29, 0.717) is 6.61 Å². The second kappa shape index (κ2) is 11.6. The lowest BCUT2D eigenvalue weighted by Crippen LogP contribution is -2.45. The zero-order chi connectivity index (χ0) is 17.1. The fourth-order valence-corrected chi connectivity index (χ4v) is 8.98. The SMILES string of the molecule is C=Cc1ccc(COCCSCC[Si]2(C)O[Si]O[Si]O[Si]O2)cc1. The summed E-state index contributed by atoms with van der Waals surface area (Å²) in [4.78, 5) is 0. The van der Waals surface area contributed by atoms with E-state index in [-0.39, 0.29) is 30.0 Å². The van der Waals surface area contributed by atoms with Gasteiger partial charge in [-0.3, -0.25) is 0 Å². The van der Waals surface area contributed by atoms with Crippen molar-refractivity contribution in [3.05, 3.63) is 42.0 Å². The summed E-state index contributed by atoms with van der Waals surface area (Å²) in [5.74, 6) is 1.96. The Balaban J connectivity index is 1.53. The number of benzene rings is 1. The summed E-state index contributed by atoms with van der Waals surface area (Å²) in [6, 6.07) is 9.18. The smallest absolute Gasteiger partial charge is 0.413 e. The van der Waals surface area contributed by atoms with E-state index in [9.17, 15) is 0 Å². The van der Waals surface area contributed by atoms with Gasteiger partial charge in [-0.1, -0.05) is 36.9 Å². The van der Waals surface area contributed by atoms with E-state index in [1.807, 2.05) is 17.8 Å². The summed E-state index contributed by atoms with van der Waals surface area (Å²) < 4.78 is 27.7. The summed E-state index contributed by atoms with van der Waals surface area (Å²) in [6.07, 6.45) is 1.84. The zero-order valence-corrected chi connectivity index (χ0v) is 18.4. The molecule has 0 aliphatic carbocycles. The quantitative estimate of drug-likeness (QED) is 0.458. The highest BCUT2D eigenvalue weighted by molar-refractivity contribution is 7.99. The van der Waals surface area contributed by atoms with Crippen LogP contribution in [-0.2, 0) is 27.8 Å². The third-order valence-corrected chi connectivity index (χ3v) is 11.2. The predicted molar refractivity (Wildman–Crippen MR) is 102 cm³/mol. The molecule has 1 fully saturated rings. The number of hydrogen-bond acceptors (Lipinski definition) is 6. The Morgan fingerprint density at radius 3 is 2.50 bits per heavy atom. The van der Waals surface area contributed by atoms with Crippen molar-refractivity contribution in [1.29, 1.82) is 0 Å². The minimum atomic E-state index is -2.14. The first-order chi connectivity index (χ1) is 11.7. The average molecular weight is 413 g/mol. The highest BCUT2D eigenvalue weighted by Gasteiger charge is 2.33. The molecule has 2 rings (SSSR count). The normalized spacial score (nSPS) is 17.9. The van der Waals surface area contributed by atoms with Crippen molar-refractivity contribution in [2.45, 2.75) is 19.2 Å². The second-order valence-electron chi connectivity index (χ2n) is 5.15. The molecule has 1 aliphatic heterocycles. The lowest BCUT2D eigenvalue weighted by molar-refractivity contribution is 0.136. The van der Waals surface area contributed by atoms with Crippen molar-refractivity contribution in [2.75, 3.05) is 18.1 Å². The summed E-state index contributed by atoms with van der Waals surface area (Å²) in [5, 5.41) is 0. The molecule has 0 N–H and O–H groups in total. The number of rotatable bonds is 9. The van der Waals surface area contributed by atoms with Gasteiger partial charge in [-0.15, -0.1) is 0 Å². The van der Waals surface area contributed by atoms with E-state index >= 15 is 0 Å². The average Bonchev–Trinajstić information content (AvgIpc) is 2.58. The third-order valence-electron chi connectivity index (χ3n) is 3.24. The van der Waals surface area contributed by atoms with Gasteiger partial charge in [-0.25, -0.2) is 0 Å². The molecule has 1 aromatic rings. The Bertz CT molecular complexity index is 483. The molecule has 1 aliphatic rings. The lowest BCUT2D eigenvalue weighted by Gasteiger charge is -2.27. The molecule has 6 radical (unpaired) electrons. The molecule has 0 atom stereocenters. The Kier molecular flexibility index (Phi) is 9.78. The van der Waals surface area contributed by atoms with E-state index < -0.39 is 8.56 Å². The van der Waals surface area contributed by atoms with E-state index in [1.165, 1.54) is 5.56 Å². The van der Waals surface area contributed by atoms with Crippen molar-refractivity contribution >= 4 is 56.4 Å². The van der Waals surface area contributed by atoms with Crippen LogP contribution in [0.5, 0.6) is 0 Å². The summed E-state index contributed by atoms with van der Waals surface area (Å²) in [6.45, 7) is 7.21. The monoisotopic (exact) mass is 412 g/mol. The second-order valence-corrected chi connectivity index (χ2v) is 12.9. The molecule has 0 spiro atoms. The molecule has 1 heterocycles. The molecule has 24 heavy (non-hydrogen) atoms. The molecular formula is C14H20O5SSi4. The van der Waals surface area contributed by atoms with Gasteiger partial charge in [0.1, 0.15) is 0 Å². The number of hydrogen-bond donors (Lipinski definition) is 0. The maximum absolute atomic E-state index is 5.78. The summed E-state index contributed by atoms with van der Waals surface area (Å²) >= 11 is 1.86. The molecule has 0 amide bonds. The van der Waals surface area contributed by atoms with Gasteiger partial charge in [0.15, 0.2) is 0 Å². The maximum Gasteiger partial charge on any atom is 0.413 e. The van der Waals surface area contributed by atoms with Crippen LogP contribution in [0.15, 0.2) is 30.8 Å². The first-order valence-corrected chi connectivity index (χ1v) is 13.6. The molecule has 128 valence electrons. The molecular weight excluding hydrogens is 393 g/mol. The molecule has 0 unspecified atom stereocenters. The molecule has 10 heteroatoms. The standard InChI is InChI=1S/C14H20O5SSi4/c1-3-13-4-6-14(7-5-13)12-15-8-9-20-10-11-24(2)18-22-16-21-17-23-19-24/h3-7H,1,8-12H2,2H3. The van der Waals surface area contributed by atoms with Crippen LogP contribution < -0.4 is 0 Å². The Hall–Kier alpha value is -0.0225. The minimum Gasteiger partial charge on any atom is -0.414 e. The van der Waals surface area contributed by atoms with Gasteiger partial charge in [0.2, 0.25) is 0 Å². The van der Waals surface area contributed by atoms with E-state index in [2.05, 4.69) is 37.4 Å². The van der Waals surface area contributed by atoms with Crippen molar-refractivity contribution in [2.24, 2.45) is 0 Å². The minimum absolute atomic E-state index is 0.0251. The number of ether oxygens (including phenoxy) is 1. The third kappa shape index (κ3) is 7.91. The molecule has 1 saturated heterocycles. The molecule has 1 aromatic carbocycles. The molecule has 0 aromatic heterocycles.